The highest BCUT2D eigenvalue weighted by atomic mass is 16.5. The second-order valence-corrected chi connectivity index (χ2v) is 6.52. The van der Waals surface area contributed by atoms with E-state index in [0.29, 0.717) is 5.75 Å². The molecule has 2 atom stereocenters. The lowest BCUT2D eigenvalue weighted by molar-refractivity contribution is -0.123. The van der Waals surface area contributed by atoms with Gasteiger partial charge in [0.1, 0.15) is 24.5 Å². The molecule has 0 heterocycles. The van der Waals surface area contributed by atoms with Gasteiger partial charge in [-0.3, -0.25) is 4.79 Å². The Labute approximate surface area is 158 Å². The van der Waals surface area contributed by atoms with Gasteiger partial charge in [0.05, 0.1) is 0 Å². The average Bonchev–Trinajstić information content (AvgIpc) is 2.70. The molecule has 0 saturated carbocycles. The van der Waals surface area contributed by atoms with E-state index in [9.17, 15) is 9.90 Å². The summed E-state index contributed by atoms with van der Waals surface area (Å²) >= 11 is 0. The largest absolute Gasteiger partial charge is 0.490 e. The van der Waals surface area contributed by atoms with Crippen molar-refractivity contribution in [3.63, 3.8) is 0 Å². The molecule has 3 rings (SSSR count). The van der Waals surface area contributed by atoms with Crippen molar-refractivity contribution in [1.82, 2.24) is 5.32 Å². The Balaban J connectivity index is 1.53. The van der Waals surface area contributed by atoms with E-state index in [0.717, 1.165) is 21.9 Å². The minimum Gasteiger partial charge on any atom is -0.490 e. The lowest BCUT2D eigenvalue weighted by Gasteiger charge is -2.17. The molecule has 0 radical (unpaired) electrons. The first-order valence-corrected chi connectivity index (χ1v) is 8.93. The van der Waals surface area contributed by atoms with E-state index in [-0.39, 0.29) is 19.1 Å². The fraction of sp³-hybridized carbons (Fsp3) is 0.227. The summed E-state index contributed by atoms with van der Waals surface area (Å²) in [4.78, 5) is 12.3. The molecule has 0 aromatic heterocycles. The quantitative estimate of drug-likeness (QED) is 0.602. The second-order valence-electron chi connectivity index (χ2n) is 6.52. The minimum atomic E-state index is -0.836. The van der Waals surface area contributed by atoms with E-state index in [1.165, 1.54) is 0 Å². The van der Waals surface area contributed by atoms with E-state index in [1.807, 2.05) is 73.7 Å². The minimum absolute atomic E-state index is 0.0726. The summed E-state index contributed by atoms with van der Waals surface area (Å²) in [5.41, 5.74) is 7.76. The maximum absolute atomic E-state index is 12.3. The first-order chi connectivity index (χ1) is 13.1. The highest BCUT2D eigenvalue weighted by molar-refractivity contribution is 5.88. The second kappa shape index (κ2) is 8.66. The first-order valence-electron chi connectivity index (χ1n) is 8.93. The summed E-state index contributed by atoms with van der Waals surface area (Å²) in [5.74, 6) is 0.378. The number of hydrogen-bond acceptors (Lipinski definition) is 4. The number of carbonyl (C=O) groups is 1. The van der Waals surface area contributed by atoms with Gasteiger partial charge >= 0.3 is 0 Å². The van der Waals surface area contributed by atoms with Crippen LogP contribution in [0, 0.1) is 6.92 Å². The maximum Gasteiger partial charge on any atom is 0.241 e. The molecule has 3 aromatic carbocycles. The lowest BCUT2D eigenvalue weighted by Crippen LogP contribution is -2.40. The zero-order valence-corrected chi connectivity index (χ0v) is 15.3. The van der Waals surface area contributed by atoms with E-state index >= 15 is 0 Å². The van der Waals surface area contributed by atoms with Crippen LogP contribution < -0.4 is 15.8 Å². The van der Waals surface area contributed by atoms with Gasteiger partial charge in [-0.2, -0.15) is 0 Å². The average molecular weight is 364 g/mol. The third-order valence-electron chi connectivity index (χ3n) is 4.50. The van der Waals surface area contributed by atoms with Gasteiger partial charge in [0.25, 0.3) is 0 Å². The molecule has 2 unspecified atom stereocenters. The molecule has 140 valence electrons. The molecular weight excluding hydrogens is 340 g/mol. The van der Waals surface area contributed by atoms with Crippen LogP contribution in [0.1, 0.15) is 17.2 Å². The number of hydrogen-bond donors (Lipinski definition) is 3. The topological polar surface area (TPSA) is 84.6 Å². The summed E-state index contributed by atoms with van der Waals surface area (Å²) in [5, 5.41) is 14.9. The highest BCUT2D eigenvalue weighted by Gasteiger charge is 2.18. The molecule has 27 heavy (non-hydrogen) atoms. The van der Waals surface area contributed by atoms with Crippen molar-refractivity contribution in [2.75, 3.05) is 13.2 Å². The number of fused-ring (bicyclic) bond motifs is 1. The Morgan fingerprint density at radius 3 is 2.59 bits per heavy atom. The van der Waals surface area contributed by atoms with E-state index in [2.05, 4.69) is 5.32 Å². The van der Waals surface area contributed by atoms with E-state index in [1.54, 1.807) is 0 Å². The van der Waals surface area contributed by atoms with Crippen molar-refractivity contribution in [1.29, 1.82) is 0 Å². The highest BCUT2D eigenvalue weighted by Crippen LogP contribution is 2.25. The zero-order chi connectivity index (χ0) is 19.2. The number of nitrogens with one attached hydrogen (secondary N) is 1. The Hall–Kier alpha value is -2.89. The van der Waals surface area contributed by atoms with Gasteiger partial charge in [0.2, 0.25) is 5.91 Å². The van der Waals surface area contributed by atoms with Crippen molar-refractivity contribution in [2.24, 2.45) is 5.73 Å². The molecule has 0 fully saturated rings. The Bertz CT molecular complexity index is 921. The van der Waals surface area contributed by atoms with Crippen LogP contribution in [0.15, 0.2) is 66.7 Å². The summed E-state index contributed by atoms with van der Waals surface area (Å²) in [6.45, 7) is 2.06. The van der Waals surface area contributed by atoms with Crippen LogP contribution in [0.2, 0.25) is 0 Å². The molecule has 0 aliphatic heterocycles. The molecule has 0 saturated heterocycles. The van der Waals surface area contributed by atoms with Crippen LogP contribution in [-0.2, 0) is 4.79 Å². The number of carbonyl (C=O) groups excluding carboxylic acids is 1. The molecule has 3 aromatic rings. The predicted molar refractivity (Wildman–Crippen MR) is 107 cm³/mol. The molecule has 0 spiro atoms. The molecule has 0 bridgehead atoms. The molecule has 1 amide bonds. The summed E-state index contributed by atoms with van der Waals surface area (Å²) < 4.78 is 5.75. The lowest BCUT2D eigenvalue weighted by atomic mass is 10.0. The third-order valence-corrected chi connectivity index (χ3v) is 4.50. The molecule has 0 aliphatic carbocycles. The normalized spacial score (nSPS) is 13.1. The summed E-state index contributed by atoms with van der Waals surface area (Å²) in [6, 6.07) is 20.4. The number of nitrogens with two attached hydrogens (primary N) is 1. The standard InChI is InChI=1S/C22H24N2O3/c1-15-7-2-4-10-18(15)21(23)22(26)24-13-17(25)14-27-20-12-6-9-16-8-3-5-11-19(16)20/h2-12,17,21,25H,13-14,23H2,1H3,(H,24,26). The SMILES string of the molecule is Cc1ccccc1C(N)C(=O)NCC(O)COc1cccc2ccccc12. The fourth-order valence-electron chi connectivity index (χ4n) is 2.97. The van der Waals surface area contributed by atoms with Crippen LogP contribution in [0.3, 0.4) is 0 Å². The monoisotopic (exact) mass is 364 g/mol. The predicted octanol–water partition coefficient (Wildman–Crippen LogP) is 2.70. The van der Waals surface area contributed by atoms with Gasteiger partial charge in [0, 0.05) is 11.9 Å². The molecule has 0 aliphatic rings. The van der Waals surface area contributed by atoms with Crippen molar-refractivity contribution >= 4 is 16.7 Å². The Kier molecular flexibility index (Phi) is 6.06. The fourth-order valence-corrected chi connectivity index (χ4v) is 2.97. The summed E-state index contributed by atoms with van der Waals surface area (Å²) in [6.07, 6.45) is -0.836. The van der Waals surface area contributed by atoms with Crippen LogP contribution in [0.5, 0.6) is 5.75 Å². The number of ether oxygens (including phenoxy) is 1. The van der Waals surface area contributed by atoms with Crippen molar-refractivity contribution < 1.29 is 14.6 Å². The molecule has 4 N–H and O–H groups in total. The van der Waals surface area contributed by atoms with Gasteiger partial charge in [0.15, 0.2) is 0 Å². The number of rotatable bonds is 7. The van der Waals surface area contributed by atoms with Crippen LogP contribution in [0.4, 0.5) is 0 Å². The van der Waals surface area contributed by atoms with Gasteiger partial charge < -0.3 is 20.9 Å². The molecular formula is C22H24N2O3. The number of aliphatic hydroxyl groups excluding tert-OH is 1. The van der Waals surface area contributed by atoms with Crippen molar-refractivity contribution in [3.8, 4) is 5.75 Å². The van der Waals surface area contributed by atoms with Gasteiger partial charge in [-0.25, -0.2) is 0 Å². The van der Waals surface area contributed by atoms with Crippen molar-refractivity contribution in [3.05, 3.63) is 77.9 Å². The number of aryl methyl sites for hydroxylation is 1. The Morgan fingerprint density at radius 1 is 1.07 bits per heavy atom. The zero-order valence-electron chi connectivity index (χ0n) is 15.3. The number of benzene rings is 3. The maximum atomic E-state index is 12.3. The summed E-state index contributed by atoms with van der Waals surface area (Å²) in [7, 11) is 0. The van der Waals surface area contributed by atoms with Gasteiger partial charge in [-0.1, -0.05) is 60.7 Å². The van der Waals surface area contributed by atoms with Crippen LogP contribution in [-0.4, -0.2) is 30.3 Å². The van der Waals surface area contributed by atoms with Crippen molar-refractivity contribution in [2.45, 2.75) is 19.1 Å². The van der Waals surface area contributed by atoms with Crippen LogP contribution in [0.25, 0.3) is 10.8 Å². The number of amides is 1. The van der Waals surface area contributed by atoms with E-state index in [4.69, 9.17) is 10.5 Å². The number of aliphatic hydroxyl groups is 1. The first kappa shape index (κ1) is 18.9. The van der Waals surface area contributed by atoms with Gasteiger partial charge in [-0.05, 0) is 29.5 Å². The van der Waals surface area contributed by atoms with E-state index < -0.39 is 12.1 Å². The third kappa shape index (κ3) is 4.64. The Morgan fingerprint density at radius 2 is 1.78 bits per heavy atom. The van der Waals surface area contributed by atoms with Crippen LogP contribution >= 0.6 is 0 Å². The molecule has 5 nitrogen and oxygen atoms in total. The van der Waals surface area contributed by atoms with Gasteiger partial charge in [-0.15, -0.1) is 0 Å². The smallest absolute Gasteiger partial charge is 0.241 e. The molecule has 5 heteroatoms.